The summed E-state index contributed by atoms with van der Waals surface area (Å²) in [5, 5.41) is 1.02. The third-order valence-corrected chi connectivity index (χ3v) is 4.09. The second kappa shape index (κ2) is 6.22. The Morgan fingerprint density at radius 3 is 3.05 bits per heavy atom. The number of rotatable bonds is 5. The van der Waals surface area contributed by atoms with Crippen LogP contribution in [0.15, 0.2) is 30.5 Å². The Balaban J connectivity index is 1.62. The van der Waals surface area contributed by atoms with E-state index in [-0.39, 0.29) is 24.2 Å². The highest BCUT2D eigenvalue weighted by atomic mass is 16.2. The number of amides is 1. The first-order valence-corrected chi connectivity index (χ1v) is 7.62. The van der Waals surface area contributed by atoms with E-state index in [1.807, 2.05) is 24.3 Å². The molecule has 0 aliphatic carbocycles. The number of nitrogens with zero attached hydrogens (tertiary/aromatic N) is 3. The minimum absolute atomic E-state index is 0.0144. The molecule has 1 amide bonds. The van der Waals surface area contributed by atoms with Gasteiger partial charge in [-0.25, -0.2) is 9.97 Å². The van der Waals surface area contributed by atoms with Gasteiger partial charge in [-0.15, -0.1) is 0 Å². The Morgan fingerprint density at radius 2 is 2.23 bits per heavy atom. The van der Waals surface area contributed by atoms with Crippen molar-refractivity contribution in [2.75, 3.05) is 13.1 Å². The minimum atomic E-state index is 0.0144. The van der Waals surface area contributed by atoms with E-state index >= 15 is 0 Å². The average Bonchev–Trinajstić information content (AvgIpc) is 2.85. The van der Waals surface area contributed by atoms with Crippen LogP contribution >= 0.6 is 0 Å². The lowest BCUT2D eigenvalue weighted by Crippen LogP contribution is -2.31. The van der Waals surface area contributed by atoms with Gasteiger partial charge in [0.1, 0.15) is 5.78 Å². The maximum Gasteiger partial charge on any atom is 0.226 e. The highest BCUT2D eigenvalue weighted by Crippen LogP contribution is 2.23. The smallest absolute Gasteiger partial charge is 0.226 e. The van der Waals surface area contributed by atoms with Gasteiger partial charge in [-0.1, -0.05) is 0 Å². The maximum absolute atomic E-state index is 12.2. The van der Waals surface area contributed by atoms with Gasteiger partial charge in [0.2, 0.25) is 5.91 Å². The predicted octanol–water partition coefficient (Wildman–Crippen LogP) is 2.00. The van der Waals surface area contributed by atoms with E-state index in [2.05, 4.69) is 9.97 Å². The van der Waals surface area contributed by atoms with E-state index in [0.29, 0.717) is 6.54 Å². The fourth-order valence-corrected chi connectivity index (χ4v) is 2.95. The zero-order chi connectivity index (χ0) is 15.5. The fraction of sp³-hybridized carbons (Fsp3) is 0.412. The fourth-order valence-electron chi connectivity index (χ4n) is 2.95. The molecule has 0 aromatic carbocycles. The summed E-state index contributed by atoms with van der Waals surface area (Å²) in [6.07, 6.45) is 4.10. The molecule has 1 saturated heterocycles. The molecule has 2 aromatic heterocycles. The summed E-state index contributed by atoms with van der Waals surface area (Å²) in [4.78, 5) is 33.8. The number of carbonyl (C=O) groups excluding carboxylic acids is 2. The zero-order valence-electron chi connectivity index (χ0n) is 12.7. The molecule has 1 fully saturated rings. The van der Waals surface area contributed by atoms with Gasteiger partial charge >= 0.3 is 0 Å². The van der Waals surface area contributed by atoms with Crippen molar-refractivity contribution in [3.05, 3.63) is 36.2 Å². The van der Waals surface area contributed by atoms with Crippen LogP contribution in [0.4, 0.5) is 0 Å². The van der Waals surface area contributed by atoms with Crippen LogP contribution in [0.2, 0.25) is 0 Å². The number of fused-ring (bicyclic) bond motifs is 1. The molecule has 5 nitrogen and oxygen atoms in total. The second-order valence-corrected chi connectivity index (χ2v) is 5.84. The summed E-state index contributed by atoms with van der Waals surface area (Å²) in [5.74, 6) is 0.158. The standard InChI is InChI=1S/C17H19N3O2/c1-12(21)11-20-10-8-14(17(20)22)5-7-15-6-4-13-3-2-9-18-16(13)19-15/h2-4,6,9,14H,5,7-8,10-11H2,1H3/t14-/m0/s1. The largest absolute Gasteiger partial charge is 0.335 e. The predicted molar refractivity (Wildman–Crippen MR) is 83.2 cm³/mol. The topological polar surface area (TPSA) is 63.2 Å². The Hall–Kier alpha value is -2.30. The first-order chi connectivity index (χ1) is 10.6. The zero-order valence-corrected chi connectivity index (χ0v) is 12.7. The molecule has 0 unspecified atom stereocenters. The quantitative estimate of drug-likeness (QED) is 0.847. The number of likely N-dealkylation sites (tertiary alicyclic amines) is 1. The van der Waals surface area contributed by atoms with Crippen LogP contribution in [0, 0.1) is 5.92 Å². The molecular formula is C17H19N3O2. The van der Waals surface area contributed by atoms with Crippen LogP contribution in [-0.4, -0.2) is 39.6 Å². The summed E-state index contributed by atoms with van der Waals surface area (Å²) in [6.45, 7) is 2.45. The minimum Gasteiger partial charge on any atom is -0.335 e. The number of aryl methyl sites for hydroxylation is 1. The maximum atomic E-state index is 12.2. The van der Waals surface area contributed by atoms with Crippen molar-refractivity contribution in [3.8, 4) is 0 Å². The van der Waals surface area contributed by atoms with Crippen molar-refractivity contribution in [3.63, 3.8) is 0 Å². The van der Waals surface area contributed by atoms with E-state index < -0.39 is 0 Å². The summed E-state index contributed by atoms with van der Waals surface area (Å²) < 4.78 is 0. The second-order valence-electron chi connectivity index (χ2n) is 5.84. The van der Waals surface area contributed by atoms with E-state index in [0.717, 1.165) is 36.0 Å². The van der Waals surface area contributed by atoms with E-state index in [1.165, 1.54) is 6.92 Å². The molecule has 1 aliphatic rings. The number of pyridine rings is 2. The lowest BCUT2D eigenvalue weighted by atomic mass is 10.0. The van der Waals surface area contributed by atoms with E-state index in [1.54, 1.807) is 11.1 Å². The van der Waals surface area contributed by atoms with Gasteiger partial charge in [0.15, 0.2) is 5.65 Å². The van der Waals surface area contributed by atoms with Crippen LogP contribution in [0.5, 0.6) is 0 Å². The van der Waals surface area contributed by atoms with Gasteiger partial charge in [-0.3, -0.25) is 9.59 Å². The number of Topliss-reactive ketones (excluding diaryl/α,β-unsaturated/α-hetero) is 1. The van der Waals surface area contributed by atoms with Gasteiger partial charge in [-0.05, 0) is 50.5 Å². The van der Waals surface area contributed by atoms with Gasteiger partial charge in [0.25, 0.3) is 0 Å². The van der Waals surface area contributed by atoms with Gasteiger partial charge < -0.3 is 4.90 Å². The molecule has 3 heterocycles. The third-order valence-electron chi connectivity index (χ3n) is 4.09. The average molecular weight is 297 g/mol. The first kappa shape index (κ1) is 14.6. The van der Waals surface area contributed by atoms with Gasteiger partial charge in [0, 0.05) is 29.7 Å². The highest BCUT2D eigenvalue weighted by Gasteiger charge is 2.31. The first-order valence-electron chi connectivity index (χ1n) is 7.62. The van der Waals surface area contributed by atoms with Crippen LogP contribution in [0.1, 0.15) is 25.5 Å². The Morgan fingerprint density at radius 1 is 1.36 bits per heavy atom. The molecule has 1 aliphatic heterocycles. The summed E-state index contributed by atoms with van der Waals surface area (Å²) in [5.41, 5.74) is 1.71. The molecule has 5 heteroatoms. The van der Waals surface area contributed by atoms with Crippen molar-refractivity contribution < 1.29 is 9.59 Å². The van der Waals surface area contributed by atoms with Crippen LogP contribution < -0.4 is 0 Å². The number of aromatic nitrogens is 2. The molecule has 22 heavy (non-hydrogen) atoms. The summed E-state index contributed by atoms with van der Waals surface area (Å²) >= 11 is 0. The Bertz CT molecular complexity index is 714. The molecule has 114 valence electrons. The van der Waals surface area contributed by atoms with Gasteiger partial charge in [-0.2, -0.15) is 0 Å². The Kier molecular flexibility index (Phi) is 4.13. The lowest BCUT2D eigenvalue weighted by molar-refractivity contribution is -0.134. The van der Waals surface area contributed by atoms with Crippen LogP contribution in [0.25, 0.3) is 11.0 Å². The molecular weight excluding hydrogens is 278 g/mol. The van der Waals surface area contributed by atoms with Crippen LogP contribution in [-0.2, 0) is 16.0 Å². The molecule has 0 N–H and O–H groups in total. The normalized spacial score (nSPS) is 18.1. The molecule has 0 saturated carbocycles. The number of hydrogen-bond donors (Lipinski definition) is 0. The van der Waals surface area contributed by atoms with Crippen molar-refractivity contribution in [1.82, 2.24) is 14.9 Å². The number of ketones is 1. The molecule has 1 atom stereocenters. The Labute approximate surface area is 129 Å². The number of hydrogen-bond acceptors (Lipinski definition) is 4. The molecule has 2 aromatic rings. The SMILES string of the molecule is CC(=O)CN1CC[C@H](CCc2ccc3cccnc3n2)C1=O. The summed E-state index contributed by atoms with van der Waals surface area (Å²) in [7, 11) is 0. The lowest BCUT2D eigenvalue weighted by Gasteiger charge is -2.14. The monoisotopic (exact) mass is 297 g/mol. The summed E-state index contributed by atoms with van der Waals surface area (Å²) in [6, 6.07) is 7.89. The van der Waals surface area contributed by atoms with Crippen molar-refractivity contribution >= 4 is 22.7 Å². The molecule has 0 bridgehead atoms. The van der Waals surface area contributed by atoms with E-state index in [4.69, 9.17) is 0 Å². The highest BCUT2D eigenvalue weighted by molar-refractivity contribution is 5.87. The van der Waals surface area contributed by atoms with Crippen molar-refractivity contribution in [2.24, 2.45) is 5.92 Å². The molecule has 0 spiro atoms. The van der Waals surface area contributed by atoms with Crippen molar-refractivity contribution in [1.29, 1.82) is 0 Å². The molecule has 0 radical (unpaired) electrons. The van der Waals surface area contributed by atoms with E-state index in [9.17, 15) is 9.59 Å². The van der Waals surface area contributed by atoms with Gasteiger partial charge in [0.05, 0.1) is 6.54 Å². The molecule has 3 rings (SSSR count). The van der Waals surface area contributed by atoms with Crippen LogP contribution in [0.3, 0.4) is 0 Å². The number of carbonyl (C=O) groups is 2. The van der Waals surface area contributed by atoms with Crippen molar-refractivity contribution in [2.45, 2.75) is 26.2 Å². The third kappa shape index (κ3) is 3.13.